The Morgan fingerprint density at radius 1 is 1.27 bits per heavy atom. The monoisotopic (exact) mass is 360 g/mol. The minimum absolute atomic E-state index is 0.517. The number of rotatable bonds is 3. The van der Waals surface area contributed by atoms with Gasteiger partial charge in [0.05, 0.1) is 5.70 Å². The van der Waals surface area contributed by atoms with Crippen LogP contribution in [0, 0.1) is 12.8 Å². The van der Waals surface area contributed by atoms with Crippen LogP contribution in [0.5, 0.6) is 0 Å². The number of aromatic nitrogens is 2. The van der Waals surface area contributed by atoms with Gasteiger partial charge < -0.3 is 10.6 Å². The lowest BCUT2D eigenvalue weighted by Crippen LogP contribution is -2.07. The van der Waals surface area contributed by atoms with Crippen molar-refractivity contribution < 1.29 is 0 Å². The third kappa shape index (κ3) is 3.09. The maximum absolute atomic E-state index is 4.59. The van der Waals surface area contributed by atoms with Crippen molar-refractivity contribution in [1.82, 2.24) is 9.97 Å². The molecule has 0 bridgehead atoms. The van der Waals surface area contributed by atoms with E-state index in [9.17, 15) is 0 Å². The van der Waals surface area contributed by atoms with Gasteiger partial charge in [0.2, 0.25) is 5.95 Å². The summed E-state index contributed by atoms with van der Waals surface area (Å²) in [5.41, 5.74) is 4.64. The number of aryl methyl sites for hydroxylation is 1. The van der Waals surface area contributed by atoms with Crippen molar-refractivity contribution in [2.24, 2.45) is 5.92 Å². The summed E-state index contributed by atoms with van der Waals surface area (Å²) >= 11 is 3.67. The zero-order valence-electron chi connectivity index (χ0n) is 13.2. The molecule has 0 fully saturated rings. The Bertz CT molecular complexity index is 686. The molecule has 0 radical (unpaired) electrons. The van der Waals surface area contributed by atoms with Gasteiger partial charge in [0.15, 0.2) is 0 Å². The van der Waals surface area contributed by atoms with E-state index in [1.807, 2.05) is 6.92 Å². The molecule has 1 aromatic heterocycles. The molecular formula is C17H21BrN4. The minimum Gasteiger partial charge on any atom is -0.369 e. The van der Waals surface area contributed by atoms with Crippen LogP contribution >= 0.6 is 15.9 Å². The van der Waals surface area contributed by atoms with Gasteiger partial charge in [-0.05, 0) is 53.3 Å². The van der Waals surface area contributed by atoms with Gasteiger partial charge >= 0.3 is 0 Å². The SMILES string of the molecule is Cc1nc(NC2=CCC=C(C(C)C)C=C2Br)nc2c1CCN2. The number of nitrogens with one attached hydrogen (secondary N) is 2. The molecule has 116 valence electrons. The molecule has 0 atom stereocenters. The third-order valence-corrected chi connectivity index (χ3v) is 4.68. The largest absolute Gasteiger partial charge is 0.369 e. The molecule has 1 aliphatic heterocycles. The maximum atomic E-state index is 4.59. The van der Waals surface area contributed by atoms with Crippen LogP contribution in [0.1, 0.15) is 31.5 Å². The van der Waals surface area contributed by atoms with Crippen molar-refractivity contribution >= 4 is 27.7 Å². The van der Waals surface area contributed by atoms with E-state index in [-0.39, 0.29) is 0 Å². The highest BCUT2D eigenvalue weighted by Crippen LogP contribution is 2.29. The highest BCUT2D eigenvalue weighted by atomic mass is 79.9. The van der Waals surface area contributed by atoms with E-state index in [0.717, 1.165) is 41.1 Å². The molecule has 5 heteroatoms. The Hall–Kier alpha value is -1.62. The first-order valence-electron chi connectivity index (χ1n) is 7.71. The van der Waals surface area contributed by atoms with Gasteiger partial charge in [0.25, 0.3) is 0 Å². The lowest BCUT2D eigenvalue weighted by molar-refractivity contribution is 0.788. The Balaban J connectivity index is 1.84. The van der Waals surface area contributed by atoms with Crippen LogP contribution in [0.15, 0.2) is 34.0 Å². The second-order valence-electron chi connectivity index (χ2n) is 5.97. The van der Waals surface area contributed by atoms with Crippen molar-refractivity contribution in [3.63, 3.8) is 0 Å². The standard InChI is InChI=1S/C17H21BrN4/c1-10(2)12-5-4-6-15(14(18)9-12)21-17-20-11(3)13-7-8-19-16(13)22-17/h5-6,9-10H,4,7-8H2,1-3H3,(H2,19,20,21,22). The first-order chi connectivity index (χ1) is 10.5. The molecule has 0 saturated heterocycles. The lowest BCUT2D eigenvalue weighted by atomic mass is 10.0. The molecule has 0 spiro atoms. The number of hydrogen-bond acceptors (Lipinski definition) is 4. The Morgan fingerprint density at radius 3 is 2.86 bits per heavy atom. The topological polar surface area (TPSA) is 49.8 Å². The van der Waals surface area contributed by atoms with Gasteiger partial charge in [0, 0.05) is 22.3 Å². The van der Waals surface area contributed by atoms with Crippen molar-refractivity contribution in [1.29, 1.82) is 0 Å². The molecule has 0 unspecified atom stereocenters. The van der Waals surface area contributed by atoms with Crippen LogP contribution in [-0.2, 0) is 6.42 Å². The maximum Gasteiger partial charge on any atom is 0.229 e. The molecule has 2 aliphatic rings. The number of halogens is 1. The van der Waals surface area contributed by atoms with Crippen LogP contribution < -0.4 is 10.6 Å². The second kappa shape index (κ2) is 6.24. The van der Waals surface area contributed by atoms with Crippen LogP contribution in [0.4, 0.5) is 11.8 Å². The fourth-order valence-electron chi connectivity index (χ4n) is 2.73. The van der Waals surface area contributed by atoms with Crippen molar-refractivity contribution in [2.45, 2.75) is 33.6 Å². The first-order valence-corrected chi connectivity index (χ1v) is 8.50. The fraction of sp³-hybridized carbons (Fsp3) is 0.412. The molecule has 3 rings (SSSR count). The summed E-state index contributed by atoms with van der Waals surface area (Å²) in [7, 11) is 0. The zero-order chi connectivity index (χ0) is 15.7. The van der Waals surface area contributed by atoms with Crippen molar-refractivity contribution in [3.8, 4) is 0 Å². The van der Waals surface area contributed by atoms with E-state index >= 15 is 0 Å². The molecule has 0 aromatic carbocycles. The van der Waals surface area contributed by atoms with Gasteiger partial charge in [-0.1, -0.05) is 26.0 Å². The summed E-state index contributed by atoms with van der Waals surface area (Å²) in [6.45, 7) is 7.41. The lowest BCUT2D eigenvalue weighted by Gasteiger charge is -2.12. The summed E-state index contributed by atoms with van der Waals surface area (Å²) in [6, 6.07) is 0. The summed E-state index contributed by atoms with van der Waals surface area (Å²) in [6.07, 6.45) is 8.51. The predicted molar refractivity (Wildman–Crippen MR) is 95.2 cm³/mol. The van der Waals surface area contributed by atoms with Crippen LogP contribution in [0.2, 0.25) is 0 Å². The second-order valence-corrected chi connectivity index (χ2v) is 6.82. The molecule has 2 N–H and O–H groups in total. The van der Waals surface area contributed by atoms with Crippen LogP contribution in [-0.4, -0.2) is 16.5 Å². The third-order valence-electron chi connectivity index (χ3n) is 4.02. The molecule has 1 aliphatic carbocycles. The highest BCUT2D eigenvalue weighted by Gasteiger charge is 2.17. The molecule has 4 nitrogen and oxygen atoms in total. The smallest absolute Gasteiger partial charge is 0.229 e. The summed E-state index contributed by atoms with van der Waals surface area (Å²) in [4.78, 5) is 9.18. The molecule has 0 saturated carbocycles. The average molecular weight is 361 g/mol. The summed E-state index contributed by atoms with van der Waals surface area (Å²) < 4.78 is 1.04. The van der Waals surface area contributed by atoms with Gasteiger partial charge in [-0.15, -0.1) is 0 Å². The molecule has 0 amide bonds. The average Bonchev–Trinajstić information content (AvgIpc) is 2.86. The van der Waals surface area contributed by atoms with Crippen LogP contribution in [0.3, 0.4) is 0 Å². The molecule has 2 heterocycles. The Kier molecular flexibility index (Phi) is 4.34. The van der Waals surface area contributed by atoms with Crippen LogP contribution in [0.25, 0.3) is 0 Å². The number of anilines is 2. The first kappa shape index (κ1) is 15.3. The van der Waals surface area contributed by atoms with Crippen molar-refractivity contribution in [3.05, 3.63) is 45.2 Å². The Morgan fingerprint density at radius 2 is 2.09 bits per heavy atom. The van der Waals surface area contributed by atoms with E-state index < -0.39 is 0 Å². The highest BCUT2D eigenvalue weighted by molar-refractivity contribution is 9.12. The van der Waals surface area contributed by atoms with E-state index in [2.05, 4.69) is 68.6 Å². The predicted octanol–water partition coefficient (Wildman–Crippen LogP) is 4.31. The molecule has 22 heavy (non-hydrogen) atoms. The zero-order valence-corrected chi connectivity index (χ0v) is 14.8. The number of nitrogens with zero attached hydrogens (tertiary/aromatic N) is 2. The van der Waals surface area contributed by atoms with E-state index in [1.165, 1.54) is 11.1 Å². The molecular weight excluding hydrogens is 340 g/mol. The fourth-order valence-corrected chi connectivity index (χ4v) is 3.26. The van der Waals surface area contributed by atoms with Gasteiger partial charge in [-0.2, -0.15) is 4.98 Å². The summed E-state index contributed by atoms with van der Waals surface area (Å²) in [5, 5.41) is 6.67. The summed E-state index contributed by atoms with van der Waals surface area (Å²) in [5.74, 6) is 2.13. The quantitative estimate of drug-likeness (QED) is 0.842. The van der Waals surface area contributed by atoms with Crippen molar-refractivity contribution in [2.75, 3.05) is 17.2 Å². The van der Waals surface area contributed by atoms with E-state index in [1.54, 1.807) is 0 Å². The molecule has 1 aromatic rings. The van der Waals surface area contributed by atoms with Gasteiger partial charge in [0.1, 0.15) is 5.82 Å². The minimum atomic E-state index is 0.517. The number of hydrogen-bond donors (Lipinski definition) is 2. The normalized spacial score (nSPS) is 17.2. The van der Waals surface area contributed by atoms with E-state index in [0.29, 0.717) is 11.9 Å². The van der Waals surface area contributed by atoms with Gasteiger partial charge in [-0.25, -0.2) is 4.98 Å². The number of allylic oxidation sites excluding steroid dienone is 5. The van der Waals surface area contributed by atoms with Gasteiger partial charge in [-0.3, -0.25) is 0 Å². The number of fused-ring (bicyclic) bond motifs is 1. The van der Waals surface area contributed by atoms with E-state index in [4.69, 9.17) is 0 Å². The Labute approximate surface area is 140 Å².